The maximum Gasteiger partial charge on any atom is 0.251 e. The topological polar surface area (TPSA) is 61.4 Å². The van der Waals surface area contributed by atoms with Crippen molar-refractivity contribution in [2.24, 2.45) is 5.92 Å². The van der Waals surface area contributed by atoms with Crippen molar-refractivity contribution >= 4 is 35.0 Å². The van der Waals surface area contributed by atoms with Crippen molar-refractivity contribution in [1.82, 2.24) is 15.5 Å². The zero-order valence-corrected chi connectivity index (χ0v) is 17.3. The van der Waals surface area contributed by atoms with Crippen molar-refractivity contribution < 1.29 is 14.0 Å². The number of likely N-dealkylation sites (tertiary alicyclic amines) is 1. The highest BCUT2D eigenvalue weighted by molar-refractivity contribution is 6.35. The van der Waals surface area contributed by atoms with Crippen LogP contribution in [-0.4, -0.2) is 54.6 Å². The molecule has 2 N–H and O–H groups in total. The lowest BCUT2D eigenvalue weighted by Gasteiger charge is -2.35. The number of nitrogens with one attached hydrogen (secondary N) is 2. The van der Waals surface area contributed by atoms with E-state index < -0.39 is 6.17 Å². The van der Waals surface area contributed by atoms with Gasteiger partial charge in [0.2, 0.25) is 5.91 Å². The number of amides is 2. The standard InChI is InChI=1S/C19H26Cl2FN3O2/c1-19(2,3)24-17(26)11-25-5-4-12(16(22)10-25)9-23-18(27)13-6-14(20)8-15(21)7-13/h6-8,12,16H,4-5,9-11H2,1-3H3,(H,23,27)(H,24,26)/t12-,16-/m1/s1. The van der Waals surface area contributed by atoms with E-state index in [-0.39, 0.29) is 42.9 Å². The normalized spacial score (nSPS) is 21.0. The van der Waals surface area contributed by atoms with Crippen LogP contribution in [-0.2, 0) is 4.79 Å². The molecule has 1 aromatic rings. The largest absolute Gasteiger partial charge is 0.352 e. The van der Waals surface area contributed by atoms with Crippen LogP contribution in [0.5, 0.6) is 0 Å². The lowest BCUT2D eigenvalue weighted by atomic mass is 9.94. The quantitative estimate of drug-likeness (QED) is 0.772. The molecule has 1 aromatic carbocycles. The van der Waals surface area contributed by atoms with Crippen molar-refractivity contribution in [3.63, 3.8) is 0 Å². The summed E-state index contributed by atoms with van der Waals surface area (Å²) in [5, 5.41) is 6.37. The van der Waals surface area contributed by atoms with E-state index in [2.05, 4.69) is 10.6 Å². The molecule has 1 heterocycles. The Morgan fingerprint density at radius 2 is 1.85 bits per heavy atom. The van der Waals surface area contributed by atoms with Gasteiger partial charge in [0.15, 0.2) is 0 Å². The Morgan fingerprint density at radius 3 is 2.41 bits per heavy atom. The molecule has 1 aliphatic heterocycles. The molecule has 1 fully saturated rings. The molecule has 1 aliphatic rings. The molecule has 0 aliphatic carbocycles. The van der Waals surface area contributed by atoms with Crippen LogP contribution in [0.25, 0.3) is 0 Å². The summed E-state index contributed by atoms with van der Waals surface area (Å²) in [5.74, 6) is -0.733. The molecule has 5 nitrogen and oxygen atoms in total. The molecule has 8 heteroatoms. The molecule has 0 bridgehead atoms. The van der Waals surface area contributed by atoms with Gasteiger partial charge in [-0.05, 0) is 51.9 Å². The summed E-state index contributed by atoms with van der Waals surface area (Å²) < 4.78 is 14.5. The number of alkyl halides is 1. The van der Waals surface area contributed by atoms with Crippen LogP contribution in [0, 0.1) is 5.92 Å². The first-order chi connectivity index (χ1) is 12.5. The van der Waals surface area contributed by atoms with Crippen LogP contribution >= 0.6 is 23.2 Å². The summed E-state index contributed by atoms with van der Waals surface area (Å²) in [6, 6.07) is 4.58. The molecule has 1 saturated heterocycles. The smallest absolute Gasteiger partial charge is 0.251 e. The summed E-state index contributed by atoms with van der Waals surface area (Å²) in [7, 11) is 0. The maximum atomic E-state index is 14.5. The zero-order chi connectivity index (χ0) is 20.2. The Morgan fingerprint density at radius 1 is 1.22 bits per heavy atom. The van der Waals surface area contributed by atoms with Gasteiger partial charge in [-0.2, -0.15) is 0 Å². The highest BCUT2D eigenvalue weighted by atomic mass is 35.5. The Bertz CT molecular complexity index is 674. The van der Waals surface area contributed by atoms with Crippen molar-refractivity contribution in [3.05, 3.63) is 33.8 Å². The number of nitrogens with zero attached hydrogens (tertiary/aromatic N) is 1. The average Bonchev–Trinajstić information content (AvgIpc) is 2.51. The highest BCUT2D eigenvalue weighted by Gasteiger charge is 2.30. The van der Waals surface area contributed by atoms with Crippen LogP contribution in [0.3, 0.4) is 0 Å². The number of hydrogen-bond donors (Lipinski definition) is 2. The first-order valence-electron chi connectivity index (χ1n) is 8.95. The SMILES string of the molecule is CC(C)(C)NC(=O)CN1CC[C@H](CNC(=O)c2cc(Cl)cc(Cl)c2)[C@H](F)C1. The third-order valence-electron chi connectivity index (χ3n) is 4.29. The zero-order valence-electron chi connectivity index (χ0n) is 15.8. The minimum Gasteiger partial charge on any atom is -0.352 e. The van der Waals surface area contributed by atoms with Gasteiger partial charge in [-0.1, -0.05) is 23.2 Å². The fourth-order valence-electron chi connectivity index (χ4n) is 3.06. The molecule has 0 unspecified atom stereocenters. The lowest BCUT2D eigenvalue weighted by molar-refractivity contribution is -0.124. The Hall–Kier alpha value is -1.37. The number of rotatable bonds is 5. The molecule has 0 radical (unpaired) electrons. The van der Waals surface area contributed by atoms with Crippen molar-refractivity contribution in [2.75, 3.05) is 26.2 Å². The monoisotopic (exact) mass is 417 g/mol. The second kappa shape index (κ2) is 9.22. The molecule has 27 heavy (non-hydrogen) atoms. The van der Waals surface area contributed by atoms with Crippen LogP contribution in [0.15, 0.2) is 18.2 Å². The van der Waals surface area contributed by atoms with Crippen molar-refractivity contribution in [2.45, 2.75) is 38.9 Å². The van der Waals surface area contributed by atoms with E-state index in [1.807, 2.05) is 20.8 Å². The minimum atomic E-state index is -1.11. The van der Waals surface area contributed by atoms with Gasteiger partial charge in [0.05, 0.1) is 6.54 Å². The number of piperidine rings is 1. The number of hydrogen-bond acceptors (Lipinski definition) is 3. The summed E-state index contributed by atoms with van der Waals surface area (Å²) in [5.41, 5.74) is 0.0390. The summed E-state index contributed by atoms with van der Waals surface area (Å²) in [6.07, 6.45) is -0.537. The van der Waals surface area contributed by atoms with Gasteiger partial charge in [-0.25, -0.2) is 4.39 Å². The first-order valence-corrected chi connectivity index (χ1v) is 9.71. The molecule has 2 atom stereocenters. The number of halogens is 3. The first kappa shape index (κ1) is 21.9. The van der Waals surface area contributed by atoms with Gasteiger partial charge in [0.25, 0.3) is 5.91 Å². The number of carbonyl (C=O) groups is 2. The Labute approximate surface area is 169 Å². The fourth-order valence-corrected chi connectivity index (χ4v) is 3.59. The van der Waals surface area contributed by atoms with E-state index in [0.717, 1.165) is 0 Å². The predicted molar refractivity (Wildman–Crippen MR) is 106 cm³/mol. The minimum absolute atomic E-state index is 0.112. The van der Waals surface area contributed by atoms with Crippen LogP contribution in [0.4, 0.5) is 4.39 Å². The van der Waals surface area contributed by atoms with E-state index in [0.29, 0.717) is 28.6 Å². The lowest BCUT2D eigenvalue weighted by Crippen LogP contribution is -2.51. The Kier molecular flexibility index (Phi) is 7.48. The summed E-state index contributed by atoms with van der Waals surface area (Å²) >= 11 is 11.8. The van der Waals surface area contributed by atoms with Crippen LogP contribution in [0.2, 0.25) is 10.0 Å². The summed E-state index contributed by atoms with van der Waals surface area (Å²) in [4.78, 5) is 26.0. The molecule has 0 saturated carbocycles. The third-order valence-corrected chi connectivity index (χ3v) is 4.73. The Balaban J connectivity index is 1.81. The average molecular weight is 418 g/mol. The second-order valence-electron chi connectivity index (χ2n) is 7.97. The number of carbonyl (C=O) groups excluding carboxylic acids is 2. The van der Waals surface area contributed by atoms with Gasteiger partial charge < -0.3 is 10.6 Å². The van der Waals surface area contributed by atoms with E-state index in [4.69, 9.17) is 23.2 Å². The molecular weight excluding hydrogens is 392 g/mol. The fraction of sp³-hybridized carbons (Fsp3) is 0.579. The van der Waals surface area contributed by atoms with Crippen LogP contribution < -0.4 is 10.6 Å². The molecule has 2 rings (SSSR count). The van der Waals surface area contributed by atoms with Crippen molar-refractivity contribution in [3.8, 4) is 0 Å². The van der Waals surface area contributed by atoms with Crippen molar-refractivity contribution in [1.29, 1.82) is 0 Å². The van der Waals surface area contributed by atoms with Gasteiger partial charge in [0.1, 0.15) is 6.17 Å². The van der Waals surface area contributed by atoms with Gasteiger partial charge in [0, 0.05) is 40.2 Å². The van der Waals surface area contributed by atoms with E-state index in [1.54, 1.807) is 11.0 Å². The van der Waals surface area contributed by atoms with E-state index in [9.17, 15) is 14.0 Å². The molecule has 0 aromatic heterocycles. The molecule has 0 spiro atoms. The van der Waals surface area contributed by atoms with Gasteiger partial charge in [-0.15, -0.1) is 0 Å². The molecular formula is C19H26Cl2FN3O2. The van der Waals surface area contributed by atoms with Gasteiger partial charge in [-0.3, -0.25) is 14.5 Å². The predicted octanol–water partition coefficient (Wildman–Crippen LogP) is 3.30. The second-order valence-corrected chi connectivity index (χ2v) is 8.84. The molecule has 150 valence electrons. The van der Waals surface area contributed by atoms with E-state index in [1.165, 1.54) is 12.1 Å². The van der Waals surface area contributed by atoms with Gasteiger partial charge >= 0.3 is 0 Å². The number of benzene rings is 1. The summed E-state index contributed by atoms with van der Waals surface area (Å²) in [6.45, 7) is 6.92. The maximum absolute atomic E-state index is 14.5. The van der Waals surface area contributed by atoms with Crippen LogP contribution in [0.1, 0.15) is 37.6 Å². The third kappa shape index (κ3) is 7.28. The molecule has 2 amide bonds. The van der Waals surface area contributed by atoms with E-state index >= 15 is 0 Å². The highest BCUT2D eigenvalue weighted by Crippen LogP contribution is 2.21.